The number of carbonyl (C=O) groups excluding carboxylic acids is 2. The number of ether oxygens (including phenoxy) is 1. The van der Waals surface area contributed by atoms with Crippen molar-refractivity contribution < 1.29 is 24.2 Å². The first kappa shape index (κ1) is 19.9. The maximum Gasteiger partial charge on any atom is 0.310 e. The average molecular weight is 274 g/mol. The number of carboxylic acid groups (broad SMARTS) is 1. The summed E-state index contributed by atoms with van der Waals surface area (Å²) in [5.41, 5.74) is 0. The van der Waals surface area contributed by atoms with Crippen LogP contribution in [0.3, 0.4) is 0 Å². The van der Waals surface area contributed by atoms with E-state index in [0.29, 0.717) is 6.61 Å². The number of hydrogen-bond donors (Lipinski definition) is 1. The van der Waals surface area contributed by atoms with Crippen molar-refractivity contribution in [2.75, 3.05) is 6.61 Å². The van der Waals surface area contributed by atoms with Gasteiger partial charge in [-0.15, -0.1) is 0 Å². The highest BCUT2D eigenvalue weighted by atomic mass is 16.5. The number of aliphatic carboxylic acids is 1. The molecule has 5 heteroatoms. The van der Waals surface area contributed by atoms with Gasteiger partial charge in [-0.3, -0.25) is 14.4 Å². The Morgan fingerprint density at radius 1 is 0.947 bits per heavy atom. The Bertz CT molecular complexity index is 249. The summed E-state index contributed by atoms with van der Waals surface area (Å²) in [4.78, 5) is 29.8. The zero-order valence-electron chi connectivity index (χ0n) is 12.2. The van der Waals surface area contributed by atoms with Gasteiger partial charge in [-0.2, -0.15) is 0 Å². The molecular formula is C14H26O5. The van der Waals surface area contributed by atoms with Gasteiger partial charge in [0.05, 0.1) is 6.61 Å². The van der Waals surface area contributed by atoms with Gasteiger partial charge in [-0.25, -0.2) is 0 Å². The number of esters is 1. The van der Waals surface area contributed by atoms with Crippen LogP contribution >= 0.6 is 0 Å². The van der Waals surface area contributed by atoms with Crippen molar-refractivity contribution in [3.63, 3.8) is 0 Å². The Labute approximate surface area is 115 Å². The van der Waals surface area contributed by atoms with Crippen LogP contribution in [0.1, 0.15) is 65.7 Å². The zero-order valence-corrected chi connectivity index (χ0v) is 12.2. The van der Waals surface area contributed by atoms with Gasteiger partial charge in [0.25, 0.3) is 0 Å². The fourth-order valence-corrected chi connectivity index (χ4v) is 1.31. The summed E-state index contributed by atoms with van der Waals surface area (Å²) < 4.78 is 4.81. The Balaban J connectivity index is 0. The molecule has 0 atom stereocenters. The topological polar surface area (TPSA) is 80.7 Å². The van der Waals surface area contributed by atoms with E-state index in [9.17, 15) is 14.4 Å². The predicted octanol–water partition coefficient (Wildman–Crippen LogP) is 2.96. The molecule has 0 aromatic heterocycles. The molecule has 0 fully saturated rings. The Hall–Kier alpha value is -1.39. The summed E-state index contributed by atoms with van der Waals surface area (Å²) in [7, 11) is 0. The van der Waals surface area contributed by atoms with Crippen molar-refractivity contribution in [3.05, 3.63) is 0 Å². The van der Waals surface area contributed by atoms with Gasteiger partial charge in [-0.1, -0.05) is 39.0 Å². The molecular weight excluding hydrogens is 248 g/mol. The third-order valence-electron chi connectivity index (χ3n) is 2.20. The number of unbranched alkanes of at least 4 members (excludes halogenated alkanes) is 5. The monoisotopic (exact) mass is 274 g/mol. The number of ketones is 1. The van der Waals surface area contributed by atoms with Gasteiger partial charge in [0.1, 0.15) is 12.2 Å². The van der Waals surface area contributed by atoms with Crippen molar-refractivity contribution in [3.8, 4) is 0 Å². The average Bonchev–Trinajstić information content (AvgIpc) is 2.26. The second-order valence-electron chi connectivity index (χ2n) is 4.38. The van der Waals surface area contributed by atoms with Crippen molar-refractivity contribution in [2.45, 2.75) is 65.7 Å². The molecule has 0 rings (SSSR count). The van der Waals surface area contributed by atoms with Crippen molar-refractivity contribution in [1.29, 1.82) is 0 Å². The largest absolute Gasteiger partial charge is 0.481 e. The molecule has 0 aromatic rings. The number of carboxylic acids is 1. The van der Waals surface area contributed by atoms with E-state index in [-0.39, 0.29) is 18.2 Å². The molecule has 0 spiro atoms. The molecule has 0 unspecified atom stereocenters. The molecule has 0 saturated carbocycles. The SMILES string of the molecule is CC(=O)CC(=O)O.CCCCCCCCOC(C)=O. The van der Waals surface area contributed by atoms with Gasteiger partial charge in [0, 0.05) is 6.92 Å². The Morgan fingerprint density at radius 2 is 1.47 bits per heavy atom. The van der Waals surface area contributed by atoms with E-state index < -0.39 is 5.97 Å². The summed E-state index contributed by atoms with van der Waals surface area (Å²) in [6.07, 6.45) is 7.04. The molecule has 5 nitrogen and oxygen atoms in total. The van der Waals surface area contributed by atoms with Gasteiger partial charge < -0.3 is 9.84 Å². The molecule has 112 valence electrons. The number of Topliss-reactive ketones (excluding diaryl/α,β-unsaturated/α-hetero) is 1. The Kier molecular flexibility index (Phi) is 15.4. The van der Waals surface area contributed by atoms with Gasteiger partial charge >= 0.3 is 11.9 Å². The quantitative estimate of drug-likeness (QED) is 0.397. The van der Waals surface area contributed by atoms with E-state index in [2.05, 4.69) is 6.92 Å². The number of carbonyl (C=O) groups is 3. The summed E-state index contributed by atoms with van der Waals surface area (Å²) in [5.74, 6) is -1.54. The fourth-order valence-electron chi connectivity index (χ4n) is 1.31. The summed E-state index contributed by atoms with van der Waals surface area (Å²) in [6.45, 7) is 5.51. The highest BCUT2D eigenvalue weighted by Crippen LogP contribution is 2.04. The van der Waals surface area contributed by atoms with E-state index in [0.717, 1.165) is 6.42 Å². The second-order valence-corrected chi connectivity index (χ2v) is 4.38. The van der Waals surface area contributed by atoms with Crippen molar-refractivity contribution in [1.82, 2.24) is 0 Å². The first-order valence-electron chi connectivity index (χ1n) is 6.74. The highest BCUT2D eigenvalue weighted by molar-refractivity contribution is 5.93. The third-order valence-corrected chi connectivity index (χ3v) is 2.20. The number of hydrogen-bond acceptors (Lipinski definition) is 4. The Morgan fingerprint density at radius 3 is 1.84 bits per heavy atom. The minimum absolute atomic E-state index is 0.163. The van der Waals surface area contributed by atoms with E-state index in [1.807, 2.05) is 0 Å². The van der Waals surface area contributed by atoms with Gasteiger partial charge in [0.2, 0.25) is 0 Å². The lowest BCUT2D eigenvalue weighted by atomic mass is 10.1. The van der Waals surface area contributed by atoms with Crippen LogP contribution in [-0.2, 0) is 19.1 Å². The lowest BCUT2D eigenvalue weighted by molar-refractivity contribution is -0.141. The summed E-state index contributed by atoms with van der Waals surface area (Å²) in [6, 6.07) is 0. The van der Waals surface area contributed by atoms with E-state index in [4.69, 9.17) is 9.84 Å². The maximum absolute atomic E-state index is 10.4. The maximum atomic E-state index is 10.4. The minimum Gasteiger partial charge on any atom is -0.481 e. The first-order chi connectivity index (χ1) is 8.90. The normalized spacial score (nSPS) is 9.21. The van der Waals surface area contributed by atoms with Crippen LogP contribution in [0.4, 0.5) is 0 Å². The molecule has 0 aliphatic carbocycles. The van der Waals surface area contributed by atoms with Crippen LogP contribution in [0.2, 0.25) is 0 Å². The zero-order chi connectivity index (χ0) is 15.1. The summed E-state index contributed by atoms with van der Waals surface area (Å²) >= 11 is 0. The van der Waals surface area contributed by atoms with Crippen LogP contribution in [0, 0.1) is 0 Å². The molecule has 0 bridgehead atoms. The predicted molar refractivity (Wildman–Crippen MR) is 72.9 cm³/mol. The third kappa shape index (κ3) is 26.3. The second kappa shape index (κ2) is 14.7. The van der Waals surface area contributed by atoms with E-state index >= 15 is 0 Å². The molecule has 0 radical (unpaired) electrons. The molecule has 0 amide bonds. The smallest absolute Gasteiger partial charge is 0.310 e. The van der Waals surface area contributed by atoms with Crippen LogP contribution < -0.4 is 0 Å². The highest BCUT2D eigenvalue weighted by Gasteiger charge is 1.98. The van der Waals surface area contributed by atoms with E-state index in [1.54, 1.807) is 0 Å². The molecule has 0 aromatic carbocycles. The van der Waals surface area contributed by atoms with Crippen LogP contribution in [0.25, 0.3) is 0 Å². The van der Waals surface area contributed by atoms with Gasteiger partial charge in [0.15, 0.2) is 0 Å². The molecule has 0 aliphatic rings. The van der Waals surface area contributed by atoms with E-state index in [1.165, 1.54) is 46.0 Å². The lowest BCUT2D eigenvalue weighted by Crippen LogP contribution is -2.00. The van der Waals surface area contributed by atoms with Crippen molar-refractivity contribution in [2.24, 2.45) is 0 Å². The van der Waals surface area contributed by atoms with Crippen LogP contribution in [0.5, 0.6) is 0 Å². The molecule has 0 saturated heterocycles. The molecule has 0 aliphatic heterocycles. The molecule has 1 N–H and O–H groups in total. The van der Waals surface area contributed by atoms with Crippen LogP contribution in [0.15, 0.2) is 0 Å². The van der Waals surface area contributed by atoms with Crippen molar-refractivity contribution >= 4 is 17.7 Å². The summed E-state index contributed by atoms with van der Waals surface area (Å²) in [5, 5.41) is 7.86. The molecule has 0 heterocycles. The standard InChI is InChI=1S/C10H20O2.C4H6O3/c1-3-4-5-6-7-8-9-12-10(2)11;1-3(5)2-4(6)7/h3-9H2,1-2H3;2H2,1H3,(H,6,7). The minimum atomic E-state index is -1.06. The fraction of sp³-hybridized carbons (Fsp3) is 0.786. The molecule has 19 heavy (non-hydrogen) atoms. The van der Waals surface area contributed by atoms with Crippen LogP contribution in [-0.4, -0.2) is 29.4 Å². The number of rotatable bonds is 9. The van der Waals surface area contributed by atoms with Gasteiger partial charge in [-0.05, 0) is 13.3 Å². The first-order valence-corrected chi connectivity index (χ1v) is 6.74. The lowest BCUT2D eigenvalue weighted by Gasteiger charge is -2.01.